The molecular weight excluding hydrogens is 248 g/mol. The van der Waals surface area contributed by atoms with Gasteiger partial charge in [0.05, 0.1) is 14.2 Å². The van der Waals surface area contributed by atoms with Crippen LogP contribution in [-0.2, 0) is 0 Å². The second-order valence-electron chi connectivity index (χ2n) is 3.55. The quantitative estimate of drug-likeness (QED) is 0.726. The zero-order chi connectivity index (χ0) is 14.3. The van der Waals surface area contributed by atoms with Crippen molar-refractivity contribution in [1.82, 2.24) is 0 Å². The normalized spacial score (nSPS) is 9.16. The summed E-state index contributed by atoms with van der Waals surface area (Å²) in [6.07, 6.45) is 0. The molecule has 0 spiro atoms. The van der Waals surface area contributed by atoms with Crippen molar-refractivity contribution in [2.24, 2.45) is 0 Å². The smallest absolute Gasteiger partial charge is 0.164 e. The highest BCUT2D eigenvalue weighted by molar-refractivity contribution is 5.43. The number of hydrogen-bond donors (Lipinski definition) is 3. The van der Waals surface area contributed by atoms with Gasteiger partial charge in [0.1, 0.15) is 17.2 Å². The van der Waals surface area contributed by atoms with Crippen molar-refractivity contribution in [3.8, 4) is 28.7 Å². The van der Waals surface area contributed by atoms with E-state index in [1.807, 2.05) is 0 Å². The first-order chi connectivity index (χ1) is 9.06. The van der Waals surface area contributed by atoms with E-state index in [1.165, 1.54) is 25.3 Å². The molecule has 0 aliphatic heterocycles. The van der Waals surface area contributed by atoms with Crippen LogP contribution in [0.2, 0.25) is 0 Å². The van der Waals surface area contributed by atoms with Crippen LogP contribution in [0.15, 0.2) is 42.5 Å². The molecular formula is C14H16O5. The number of methoxy groups -OCH3 is 2. The molecule has 2 aromatic rings. The first-order valence-corrected chi connectivity index (χ1v) is 5.45. The molecule has 0 heterocycles. The zero-order valence-corrected chi connectivity index (χ0v) is 10.7. The monoisotopic (exact) mass is 264 g/mol. The van der Waals surface area contributed by atoms with Gasteiger partial charge in [-0.15, -0.1) is 0 Å². The third-order valence-corrected chi connectivity index (χ3v) is 2.24. The van der Waals surface area contributed by atoms with Crippen LogP contribution in [0.25, 0.3) is 0 Å². The van der Waals surface area contributed by atoms with Crippen molar-refractivity contribution >= 4 is 0 Å². The minimum atomic E-state index is 0.0281. The predicted octanol–water partition coefficient (Wildman–Crippen LogP) is 2.51. The van der Waals surface area contributed by atoms with Crippen LogP contribution >= 0.6 is 0 Å². The highest BCUT2D eigenvalue weighted by atomic mass is 16.5. The van der Waals surface area contributed by atoms with Gasteiger partial charge in [0.2, 0.25) is 0 Å². The van der Waals surface area contributed by atoms with Crippen molar-refractivity contribution in [2.75, 3.05) is 14.2 Å². The van der Waals surface area contributed by atoms with Crippen LogP contribution in [0.3, 0.4) is 0 Å². The Morgan fingerprint density at radius 2 is 1.32 bits per heavy atom. The lowest BCUT2D eigenvalue weighted by Crippen LogP contribution is -1.81. The Morgan fingerprint density at radius 3 is 1.79 bits per heavy atom. The van der Waals surface area contributed by atoms with E-state index in [9.17, 15) is 0 Å². The van der Waals surface area contributed by atoms with E-state index in [0.29, 0.717) is 0 Å². The Bertz CT molecular complexity index is 508. The fraction of sp³-hybridized carbons (Fsp3) is 0.143. The van der Waals surface area contributed by atoms with Gasteiger partial charge in [-0.3, -0.25) is 0 Å². The van der Waals surface area contributed by atoms with Gasteiger partial charge in [0.25, 0.3) is 0 Å². The average molecular weight is 264 g/mol. The fourth-order valence-electron chi connectivity index (χ4n) is 1.25. The van der Waals surface area contributed by atoms with Crippen molar-refractivity contribution in [1.29, 1.82) is 0 Å². The van der Waals surface area contributed by atoms with E-state index in [1.54, 1.807) is 31.4 Å². The maximum atomic E-state index is 9.00. The SMILES string of the molecule is COc1cc(O)ccc1O.COc1ccc(O)cc1. The first kappa shape index (κ1) is 14.5. The van der Waals surface area contributed by atoms with E-state index in [-0.39, 0.29) is 23.0 Å². The Hall–Kier alpha value is -2.56. The van der Waals surface area contributed by atoms with E-state index < -0.39 is 0 Å². The summed E-state index contributed by atoms with van der Waals surface area (Å²) < 4.78 is 9.57. The molecule has 0 fully saturated rings. The number of phenolic OH excluding ortho intramolecular Hbond substituents is 3. The minimum absolute atomic E-state index is 0.0281. The van der Waals surface area contributed by atoms with Crippen molar-refractivity contribution < 1.29 is 24.8 Å². The Balaban J connectivity index is 0.000000191. The van der Waals surface area contributed by atoms with E-state index in [0.717, 1.165) is 5.75 Å². The zero-order valence-electron chi connectivity index (χ0n) is 10.7. The average Bonchev–Trinajstić information content (AvgIpc) is 2.43. The number of phenols is 3. The predicted molar refractivity (Wildman–Crippen MR) is 71.0 cm³/mol. The number of hydrogen-bond acceptors (Lipinski definition) is 5. The van der Waals surface area contributed by atoms with Gasteiger partial charge in [-0.1, -0.05) is 0 Å². The summed E-state index contributed by atoms with van der Waals surface area (Å²) in [5.41, 5.74) is 0. The third kappa shape index (κ3) is 4.67. The number of aromatic hydroxyl groups is 3. The van der Waals surface area contributed by atoms with Crippen LogP contribution in [0.1, 0.15) is 0 Å². The molecule has 0 amide bonds. The maximum absolute atomic E-state index is 9.00. The highest BCUT2D eigenvalue weighted by Crippen LogP contribution is 2.28. The van der Waals surface area contributed by atoms with Gasteiger partial charge in [-0.2, -0.15) is 0 Å². The second kappa shape index (κ2) is 7.00. The molecule has 3 N–H and O–H groups in total. The summed E-state index contributed by atoms with van der Waals surface area (Å²) in [6.45, 7) is 0. The van der Waals surface area contributed by atoms with Gasteiger partial charge < -0.3 is 24.8 Å². The van der Waals surface area contributed by atoms with Crippen LogP contribution in [0.4, 0.5) is 0 Å². The van der Waals surface area contributed by atoms with Gasteiger partial charge in [-0.25, -0.2) is 0 Å². The molecule has 0 aliphatic rings. The molecule has 0 unspecified atom stereocenters. The maximum Gasteiger partial charge on any atom is 0.164 e. The van der Waals surface area contributed by atoms with Crippen LogP contribution in [0.5, 0.6) is 28.7 Å². The number of ether oxygens (including phenoxy) is 2. The molecule has 2 aromatic carbocycles. The molecule has 102 valence electrons. The molecule has 0 saturated carbocycles. The van der Waals surface area contributed by atoms with Crippen LogP contribution in [-0.4, -0.2) is 29.5 Å². The second-order valence-corrected chi connectivity index (χ2v) is 3.55. The summed E-state index contributed by atoms with van der Waals surface area (Å²) in [4.78, 5) is 0. The van der Waals surface area contributed by atoms with Crippen LogP contribution in [0, 0.1) is 0 Å². The van der Waals surface area contributed by atoms with Gasteiger partial charge >= 0.3 is 0 Å². The molecule has 0 radical (unpaired) electrons. The highest BCUT2D eigenvalue weighted by Gasteiger charge is 1.99. The topological polar surface area (TPSA) is 79.2 Å². The lowest BCUT2D eigenvalue weighted by molar-refractivity contribution is 0.368. The molecule has 5 nitrogen and oxygen atoms in total. The molecule has 0 aliphatic carbocycles. The summed E-state index contributed by atoms with van der Waals surface area (Å²) in [5.74, 6) is 1.40. The van der Waals surface area contributed by atoms with E-state index in [2.05, 4.69) is 0 Å². The summed E-state index contributed by atoms with van der Waals surface area (Å²) in [5, 5.41) is 26.7. The lowest BCUT2D eigenvalue weighted by atomic mass is 10.3. The molecule has 2 rings (SSSR count). The molecule has 0 saturated heterocycles. The largest absolute Gasteiger partial charge is 0.508 e. The van der Waals surface area contributed by atoms with E-state index >= 15 is 0 Å². The van der Waals surface area contributed by atoms with Gasteiger partial charge in [0, 0.05) is 6.07 Å². The van der Waals surface area contributed by atoms with Crippen molar-refractivity contribution in [3.63, 3.8) is 0 Å². The van der Waals surface area contributed by atoms with Crippen molar-refractivity contribution in [3.05, 3.63) is 42.5 Å². The molecule has 0 bridgehead atoms. The first-order valence-electron chi connectivity index (χ1n) is 5.45. The summed E-state index contributed by atoms with van der Waals surface area (Å²) in [6, 6.07) is 10.7. The molecule has 0 atom stereocenters. The third-order valence-electron chi connectivity index (χ3n) is 2.24. The number of benzene rings is 2. The molecule has 0 aromatic heterocycles. The Kier molecular flexibility index (Phi) is 5.35. The summed E-state index contributed by atoms with van der Waals surface area (Å²) >= 11 is 0. The van der Waals surface area contributed by atoms with Gasteiger partial charge in [0.15, 0.2) is 11.5 Å². The molecule has 19 heavy (non-hydrogen) atoms. The van der Waals surface area contributed by atoms with Crippen molar-refractivity contribution in [2.45, 2.75) is 0 Å². The fourth-order valence-corrected chi connectivity index (χ4v) is 1.25. The molecule has 5 heteroatoms. The Labute approximate surface area is 111 Å². The van der Waals surface area contributed by atoms with Gasteiger partial charge in [-0.05, 0) is 36.4 Å². The summed E-state index contributed by atoms with van der Waals surface area (Å²) in [7, 11) is 3.01. The lowest BCUT2D eigenvalue weighted by Gasteiger charge is -2.01. The standard InChI is InChI=1S/C7H8O3.C7H8O2/c1-10-7-4-5(8)2-3-6(7)9;1-9-7-4-2-6(8)3-5-7/h2-4,8-9H,1H3;2-5,8H,1H3. The number of rotatable bonds is 2. The minimum Gasteiger partial charge on any atom is -0.508 e. The Morgan fingerprint density at radius 1 is 0.737 bits per heavy atom. The van der Waals surface area contributed by atoms with E-state index in [4.69, 9.17) is 24.8 Å². The van der Waals surface area contributed by atoms with Crippen LogP contribution < -0.4 is 9.47 Å².